The molecule has 0 radical (unpaired) electrons. The zero-order valence-electron chi connectivity index (χ0n) is 5.38. The van der Waals surface area contributed by atoms with Crippen molar-refractivity contribution in [2.75, 3.05) is 0 Å². The van der Waals surface area contributed by atoms with Crippen LogP contribution in [-0.2, 0) is 3.83 Å². The Morgan fingerprint density at radius 2 is 1.82 bits per heavy atom. The molecule has 0 aliphatic rings. The van der Waals surface area contributed by atoms with E-state index in [0.29, 0.717) is 5.56 Å². The fourth-order valence-electron chi connectivity index (χ4n) is 0.631. The second-order valence-electron chi connectivity index (χ2n) is 1.87. The topological polar surface area (TPSA) is 26.3 Å². The Labute approximate surface area is 81.1 Å². The minimum absolute atomic E-state index is 0.391. The monoisotopic (exact) mass is 278 g/mol. The molecule has 0 saturated heterocycles. The molecular formula is C7H4Br2O2. The summed E-state index contributed by atoms with van der Waals surface area (Å²) in [5, 5.41) is 0. The molecular weight excluding hydrogens is 276 g/mol. The normalized spacial score (nSPS) is 9.27. The highest BCUT2D eigenvalue weighted by atomic mass is 79.9. The lowest BCUT2D eigenvalue weighted by atomic mass is 10.2. The van der Waals surface area contributed by atoms with E-state index < -0.39 is 5.97 Å². The number of halogens is 2. The van der Waals surface area contributed by atoms with Crippen LogP contribution in [0.1, 0.15) is 10.4 Å². The molecule has 0 heterocycles. The maximum atomic E-state index is 10.8. The summed E-state index contributed by atoms with van der Waals surface area (Å²) in [6.07, 6.45) is 0. The van der Waals surface area contributed by atoms with Gasteiger partial charge in [-0.15, -0.1) is 0 Å². The van der Waals surface area contributed by atoms with Gasteiger partial charge in [0.25, 0.3) is 0 Å². The van der Waals surface area contributed by atoms with Gasteiger partial charge in [-0.25, -0.2) is 4.79 Å². The highest BCUT2D eigenvalue weighted by Gasteiger charge is 2.03. The summed E-state index contributed by atoms with van der Waals surface area (Å²) in [7, 11) is 0. The molecule has 0 aliphatic carbocycles. The smallest absolute Gasteiger partial charge is 0.349 e. The van der Waals surface area contributed by atoms with Crippen LogP contribution in [0.5, 0.6) is 0 Å². The first-order chi connectivity index (χ1) is 5.24. The second kappa shape index (κ2) is 3.88. The van der Waals surface area contributed by atoms with Crippen molar-refractivity contribution < 1.29 is 8.62 Å². The Bertz CT molecular complexity index is 256. The van der Waals surface area contributed by atoms with Crippen molar-refractivity contribution in [3.63, 3.8) is 0 Å². The third kappa shape index (κ3) is 2.31. The van der Waals surface area contributed by atoms with Gasteiger partial charge in [0.1, 0.15) is 0 Å². The molecule has 0 aliphatic heterocycles. The standard InChI is InChI=1S/C7H4Br2O2/c8-6-3-1-5(2-4-6)7(10)11-9/h1-4H. The van der Waals surface area contributed by atoms with Crippen molar-refractivity contribution in [1.29, 1.82) is 0 Å². The molecule has 0 spiro atoms. The molecule has 2 nitrogen and oxygen atoms in total. The second-order valence-corrected chi connectivity index (χ2v) is 3.11. The minimum atomic E-state index is -0.391. The number of carbonyl (C=O) groups excluding carboxylic acids is 1. The first kappa shape index (κ1) is 8.74. The number of benzene rings is 1. The van der Waals surface area contributed by atoms with E-state index in [0.717, 1.165) is 4.47 Å². The van der Waals surface area contributed by atoms with Crippen molar-refractivity contribution in [2.24, 2.45) is 0 Å². The molecule has 0 atom stereocenters. The molecule has 1 aromatic carbocycles. The van der Waals surface area contributed by atoms with Crippen molar-refractivity contribution in [2.45, 2.75) is 0 Å². The van der Waals surface area contributed by atoms with Crippen LogP contribution in [0.25, 0.3) is 0 Å². The molecule has 0 saturated carbocycles. The van der Waals surface area contributed by atoms with Crippen molar-refractivity contribution >= 4 is 38.2 Å². The van der Waals surface area contributed by atoms with Gasteiger partial charge >= 0.3 is 5.97 Å². The molecule has 0 unspecified atom stereocenters. The van der Waals surface area contributed by atoms with E-state index in [1.165, 1.54) is 0 Å². The summed E-state index contributed by atoms with van der Waals surface area (Å²) < 4.78 is 5.27. The molecule has 1 rings (SSSR count). The predicted octanol–water partition coefficient (Wildman–Crippen LogP) is 2.92. The Morgan fingerprint density at radius 1 is 1.27 bits per heavy atom. The largest absolute Gasteiger partial charge is 0.380 e. The van der Waals surface area contributed by atoms with Crippen LogP contribution in [0.3, 0.4) is 0 Å². The lowest BCUT2D eigenvalue weighted by molar-refractivity contribution is 0.0782. The number of carbonyl (C=O) groups is 1. The molecule has 58 valence electrons. The van der Waals surface area contributed by atoms with E-state index in [1.54, 1.807) is 24.3 Å². The fourth-order valence-corrected chi connectivity index (χ4v) is 1.08. The Kier molecular flexibility index (Phi) is 3.08. The third-order valence-electron chi connectivity index (χ3n) is 1.15. The van der Waals surface area contributed by atoms with Crippen molar-refractivity contribution in [3.8, 4) is 0 Å². The van der Waals surface area contributed by atoms with E-state index in [4.69, 9.17) is 0 Å². The van der Waals surface area contributed by atoms with Gasteiger partial charge in [-0.1, -0.05) is 15.9 Å². The molecule has 1 aromatic rings. The molecule has 0 aromatic heterocycles. The molecule has 0 N–H and O–H groups in total. The lowest BCUT2D eigenvalue weighted by Crippen LogP contribution is -1.96. The van der Waals surface area contributed by atoms with Gasteiger partial charge in [0.15, 0.2) is 16.3 Å². The maximum Gasteiger partial charge on any atom is 0.349 e. The summed E-state index contributed by atoms with van der Waals surface area (Å²) in [6, 6.07) is 6.90. The minimum Gasteiger partial charge on any atom is -0.380 e. The highest BCUT2D eigenvalue weighted by Crippen LogP contribution is 2.11. The molecule has 4 heteroatoms. The Balaban J connectivity index is 2.90. The van der Waals surface area contributed by atoms with Gasteiger partial charge in [-0.05, 0) is 24.3 Å². The van der Waals surface area contributed by atoms with Crippen molar-refractivity contribution in [1.82, 2.24) is 0 Å². The first-order valence-corrected chi connectivity index (χ1v) is 4.26. The van der Waals surface area contributed by atoms with Crippen molar-refractivity contribution in [3.05, 3.63) is 34.3 Å². The van der Waals surface area contributed by atoms with Gasteiger partial charge in [0.2, 0.25) is 0 Å². The van der Waals surface area contributed by atoms with E-state index in [1.807, 2.05) is 0 Å². The SMILES string of the molecule is O=C(OBr)c1ccc(Br)cc1. The van der Waals surface area contributed by atoms with Gasteiger partial charge in [0.05, 0.1) is 5.56 Å². The van der Waals surface area contributed by atoms with Crippen LogP contribution in [0.4, 0.5) is 0 Å². The van der Waals surface area contributed by atoms with Crippen LogP contribution in [0.2, 0.25) is 0 Å². The average molecular weight is 280 g/mol. The van der Waals surface area contributed by atoms with E-state index in [9.17, 15) is 4.79 Å². The summed E-state index contributed by atoms with van der Waals surface area (Å²) in [5.74, 6) is -0.391. The Morgan fingerprint density at radius 3 is 2.27 bits per heavy atom. The van der Waals surface area contributed by atoms with E-state index >= 15 is 0 Å². The summed E-state index contributed by atoms with van der Waals surface area (Å²) in [5.41, 5.74) is 0.519. The quantitative estimate of drug-likeness (QED) is 0.790. The van der Waals surface area contributed by atoms with Crippen LogP contribution in [0.15, 0.2) is 28.7 Å². The number of hydrogen-bond donors (Lipinski definition) is 0. The summed E-state index contributed by atoms with van der Waals surface area (Å²) >= 11 is 5.86. The number of hydrogen-bond acceptors (Lipinski definition) is 2. The van der Waals surface area contributed by atoms with Crippen LogP contribution in [0, 0.1) is 0 Å². The first-order valence-electron chi connectivity index (χ1n) is 2.82. The molecule has 0 amide bonds. The molecule has 0 bridgehead atoms. The predicted molar refractivity (Wildman–Crippen MR) is 48.5 cm³/mol. The lowest BCUT2D eigenvalue weighted by Gasteiger charge is -1.95. The molecule has 0 fully saturated rings. The zero-order valence-corrected chi connectivity index (χ0v) is 8.55. The maximum absolute atomic E-state index is 10.8. The third-order valence-corrected chi connectivity index (χ3v) is 1.97. The zero-order chi connectivity index (χ0) is 8.27. The molecule has 11 heavy (non-hydrogen) atoms. The van der Waals surface area contributed by atoms with Gasteiger partial charge in [-0.3, -0.25) is 0 Å². The summed E-state index contributed by atoms with van der Waals surface area (Å²) in [4.78, 5) is 10.8. The highest BCUT2D eigenvalue weighted by molar-refractivity contribution is 9.10. The van der Waals surface area contributed by atoms with Gasteiger partial charge in [-0.2, -0.15) is 0 Å². The van der Waals surface area contributed by atoms with E-state index in [-0.39, 0.29) is 0 Å². The van der Waals surface area contributed by atoms with E-state index in [2.05, 4.69) is 36.0 Å². The van der Waals surface area contributed by atoms with Crippen LogP contribution in [-0.4, -0.2) is 5.97 Å². The number of rotatable bonds is 1. The Hall–Kier alpha value is -0.350. The van der Waals surface area contributed by atoms with Crippen LogP contribution >= 0.6 is 32.2 Å². The fraction of sp³-hybridized carbons (Fsp3) is 0. The van der Waals surface area contributed by atoms with Gasteiger partial charge < -0.3 is 3.83 Å². The average Bonchev–Trinajstić information content (AvgIpc) is 2.05. The van der Waals surface area contributed by atoms with Gasteiger partial charge in [0, 0.05) is 4.47 Å². The van der Waals surface area contributed by atoms with Crippen LogP contribution < -0.4 is 0 Å². The summed E-state index contributed by atoms with van der Waals surface area (Å²) in [6.45, 7) is 0.